The number of para-hydroxylation sites is 1. The molecule has 0 saturated heterocycles. The molecule has 10 aromatic carbocycles. The van der Waals surface area contributed by atoms with Crippen LogP contribution < -0.4 is 0 Å². The molecule has 250 valence electrons. The van der Waals surface area contributed by atoms with Crippen LogP contribution in [0.4, 0.5) is 0 Å². The van der Waals surface area contributed by atoms with Crippen LogP contribution in [0.25, 0.3) is 120 Å². The zero-order valence-corrected chi connectivity index (χ0v) is 29.1. The summed E-state index contributed by atoms with van der Waals surface area (Å²) in [7, 11) is 0. The van der Waals surface area contributed by atoms with Crippen LogP contribution in [0.1, 0.15) is 0 Å². The Kier molecular flexibility index (Phi) is 6.09. The highest BCUT2D eigenvalue weighted by Gasteiger charge is 2.20. The zero-order chi connectivity index (χ0) is 35.3. The zero-order valence-electron chi connectivity index (χ0n) is 29.1. The van der Waals surface area contributed by atoms with Crippen LogP contribution in [0.2, 0.25) is 0 Å². The van der Waals surface area contributed by atoms with Crippen LogP contribution in [-0.4, -0.2) is 0 Å². The van der Waals surface area contributed by atoms with Crippen molar-refractivity contribution < 1.29 is 8.83 Å². The predicted octanol–water partition coefficient (Wildman–Crippen LogP) is 15.1. The number of hydrogen-bond acceptors (Lipinski definition) is 2. The first-order valence-corrected chi connectivity index (χ1v) is 18.5. The minimum Gasteiger partial charge on any atom is -0.456 e. The van der Waals surface area contributed by atoms with E-state index in [1.54, 1.807) is 0 Å². The lowest BCUT2D eigenvalue weighted by Crippen LogP contribution is -1.93. The topological polar surface area (TPSA) is 26.3 Å². The van der Waals surface area contributed by atoms with E-state index in [0.717, 1.165) is 49.4 Å². The molecule has 0 bridgehead atoms. The summed E-state index contributed by atoms with van der Waals surface area (Å²) >= 11 is 0. The minimum atomic E-state index is 0.833. The Morgan fingerprint density at radius 3 is 1.39 bits per heavy atom. The van der Waals surface area contributed by atoms with Gasteiger partial charge in [-0.25, -0.2) is 0 Å². The molecule has 0 amide bonds. The fraction of sp³-hybridized carbons (Fsp3) is 0. The van der Waals surface area contributed by atoms with Crippen LogP contribution in [0.5, 0.6) is 0 Å². The standard InChI is InChI=1S/C52H30O2/c1-2-14-33-31(12-1)13-11-22-38(33)51-39-18-5-7-20-41(39)52(42-21-8-6-19-40(42)51)43-26-25-34(35-15-3-4-16-36(35)43)32-24-27-48-44(28-32)46-29-45-37-17-9-10-23-47(37)53-49(45)30-50(46)54-48/h1-30H. The lowest BCUT2D eigenvalue weighted by Gasteiger charge is -2.20. The van der Waals surface area contributed by atoms with Crippen LogP contribution in [0, 0.1) is 0 Å². The molecule has 0 aliphatic rings. The molecule has 2 nitrogen and oxygen atoms in total. The average molecular weight is 687 g/mol. The Bertz CT molecular complexity index is 3440. The third kappa shape index (κ3) is 4.17. The van der Waals surface area contributed by atoms with Gasteiger partial charge in [-0.05, 0) is 101 Å². The van der Waals surface area contributed by atoms with Crippen molar-refractivity contribution in [1.82, 2.24) is 0 Å². The summed E-state index contributed by atoms with van der Waals surface area (Å²) in [6, 6.07) is 65.9. The first-order chi connectivity index (χ1) is 26.8. The summed E-state index contributed by atoms with van der Waals surface area (Å²) in [5.74, 6) is 0. The van der Waals surface area contributed by atoms with Crippen molar-refractivity contribution >= 4 is 87.0 Å². The van der Waals surface area contributed by atoms with Gasteiger partial charge in [0.1, 0.15) is 22.3 Å². The quantitative estimate of drug-likeness (QED) is 0.173. The molecule has 0 N–H and O–H groups in total. The van der Waals surface area contributed by atoms with E-state index in [1.807, 2.05) is 18.2 Å². The smallest absolute Gasteiger partial charge is 0.139 e. The van der Waals surface area contributed by atoms with Crippen molar-refractivity contribution in [2.75, 3.05) is 0 Å². The molecule has 0 fully saturated rings. The van der Waals surface area contributed by atoms with Crippen molar-refractivity contribution in [2.45, 2.75) is 0 Å². The second-order valence-corrected chi connectivity index (χ2v) is 14.3. The number of furan rings is 2. The lowest BCUT2D eigenvalue weighted by atomic mass is 9.83. The van der Waals surface area contributed by atoms with E-state index in [1.165, 1.54) is 70.9 Å². The SMILES string of the molecule is c1ccc2c(-c3c4ccccc4c(-c4ccc(-c5ccc6oc7cc8oc9ccccc9c8cc7c6c5)c5ccccc45)c4ccccc34)cccc2c1. The van der Waals surface area contributed by atoms with Crippen molar-refractivity contribution in [2.24, 2.45) is 0 Å². The van der Waals surface area contributed by atoms with Gasteiger partial charge in [-0.2, -0.15) is 0 Å². The minimum absolute atomic E-state index is 0.833. The van der Waals surface area contributed by atoms with Crippen LogP contribution in [0.15, 0.2) is 191 Å². The molecule has 0 atom stereocenters. The highest BCUT2D eigenvalue weighted by molar-refractivity contribution is 6.26. The monoisotopic (exact) mass is 686 g/mol. The van der Waals surface area contributed by atoms with Gasteiger partial charge >= 0.3 is 0 Å². The lowest BCUT2D eigenvalue weighted by molar-refractivity contribution is 0.656. The fourth-order valence-electron chi connectivity index (χ4n) is 9.08. The Hall–Kier alpha value is -7.16. The van der Waals surface area contributed by atoms with Gasteiger partial charge in [0.05, 0.1) is 0 Å². The number of benzene rings is 10. The van der Waals surface area contributed by atoms with E-state index in [4.69, 9.17) is 8.83 Å². The summed E-state index contributed by atoms with van der Waals surface area (Å²) in [5.41, 5.74) is 10.8. The van der Waals surface area contributed by atoms with Crippen molar-refractivity contribution in [3.63, 3.8) is 0 Å². The van der Waals surface area contributed by atoms with Crippen molar-refractivity contribution in [3.05, 3.63) is 182 Å². The van der Waals surface area contributed by atoms with Crippen LogP contribution in [-0.2, 0) is 0 Å². The van der Waals surface area contributed by atoms with Gasteiger partial charge in [0.25, 0.3) is 0 Å². The number of rotatable bonds is 3. The largest absolute Gasteiger partial charge is 0.456 e. The van der Waals surface area contributed by atoms with E-state index in [0.29, 0.717) is 0 Å². The van der Waals surface area contributed by atoms with Crippen molar-refractivity contribution in [1.29, 1.82) is 0 Å². The number of hydrogen-bond donors (Lipinski definition) is 0. The predicted molar refractivity (Wildman–Crippen MR) is 227 cm³/mol. The van der Waals surface area contributed by atoms with Gasteiger partial charge in [-0.15, -0.1) is 0 Å². The maximum Gasteiger partial charge on any atom is 0.139 e. The molecule has 0 aliphatic heterocycles. The molecule has 2 heteroatoms. The summed E-state index contributed by atoms with van der Waals surface area (Å²) in [6.45, 7) is 0. The molecule has 12 rings (SSSR count). The van der Waals surface area contributed by atoms with Gasteiger partial charge in [0.2, 0.25) is 0 Å². The summed E-state index contributed by atoms with van der Waals surface area (Å²) < 4.78 is 12.6. The molecule has 0 radical (unpaired) electrons. The third-order valence-electron chi connectivity index (χ3n) is 11.5. The highest BCUT2D eigenvalue weighted by Crippen LogP contribution is 2.48. The number of fused-ring (bicyclic) bond motifs is 10. The van der Waals surface area contributed by atoms with Crippen LogP contribution in [0.3, 0.4) is 0 Å². The van der Waals surface area contributed by atoms with Gasteiger partial charge in [0, 0.05) is 27.6 Å². The Morgan fingerprint density at radius 1 is 0.241 bits per heavy atom. The third-order valence-corrected chi connectivity index (χ3v) is 11.5. The molecule has 0 saturated carbocycles. The highest BCUT2D eigenvalue weighted by atomic mass is 16.3. The van der Waals surface area contributed by atoms with Gasteiger partial charge in [-0.3, -0.25) is 0 Å². The van der Waals surface area contributed by atoms with E-state index in [2.05, 4.69) is 164 Å². The summed E-state index contributed by atoms with van der Waals surface area (Å²) in [5, 5.41) is 14.4. The summed E-state index contributed by atoms with van der Waals surface area (Å²) in [4.78, 5) is 0. The van der Waals surface area contributed by atoms with E-state index in [9.17, 15) is 0 Å². The second-order valence-electron chi connectivity index (χ2n) is 14.3. The van der Waals surface area contributed by atoms with E-state index in [-0.39, 0.29) is 0 Å². The molecule has 0 spiro atoms. The maximum atomic E-state index is 6.40. The summed E-state index contributed by atoms with van der Waals surface area (Å²) in [6.07, 6.45) is 0. The van der Waals surface area contributed by atoms with E-state index >= 15 is 0 Å². The average Bonchev–Trinajstić information content (AvgIpc) is 3.78. The van der Waals surface area contributed by atoms with E-state index < -0.39 is 0 Å². The maximum absolute atomic E-state index is 6.40. The Labute approximate surface area is 310 Å². The molecule has 2 heterocycles. The van der Waals surface area contributed by atoms with Gasteiger partial charge in [-0.1, -0.05) is 152 Å². The molecular formula is C52H30O2. The fourth-order valence-corrected chi connectivity index (χ4v) is 9.08. The van der Waals surface area contributed by atoms with Gasteiger partial charge < -0.3 is 8.83 Å². The van der Waals surface area contributed by atoms with Crippen LogP contribution >= 0.6 is 0 Å². The molecule has 0 aliphatic carbocycles. The molecular weight excluding hydrogens is 657 g/mol. The Balaban J connectivity index is 1.10. The molecule has 0 unspecified atom stereocenters. The van der Waals surface area contributed by atoms with Crippen molar-refractivity contribution in [3.8, 4) is 33.4 Å². The second kappa shape index (κ2) is 11.2. The van der Waals surface area contributed by atoms with Gasteiger partial charge in [0.15, 0.2) is 0 Å². The normalized spacial score (nSPS) is 12.1. The molecule has 54 heavy (non-hydrogen) atoms. The molecule has 12 aromatic rings. The first-order valence-electron chi connectivity index (χ1n) is 18.5. The first kappa shape index (κ1) is 29.4. The Morgan fingerprint density at radius 2 is 0.704 bits per heavy atom. The molecule has 2 aromatic heterocycles.